The van der Waals surface area contributed by atoms with Crippen LogP contribution in [0.15, 0.2) is 48.9 Å². The third-order valence-electron chi connectivity index (χ3n) is 6.08. The van der Waals surface area contributed by atoms with Gasteiger partial charge in [-0.05, 0) is 76.4 Å². The highest BCUT2D eigenvalue weighted by atomic mass is 79.9. The number of furan rings is 1. The summed E-state index contributed by atoms with van der Waals surface area (Å²) in [5.74, 6) is 1.23. The first-order valence-electron chi connectivity index (χ1n) is 10.8. The number of halogens is 2. The van der Waals surface area contributed by atoms with Crippen LogP contribution in [-0.4, -0.2) is 17.2 Å². The Bertz CT molecular complexity index is 1190. The van der Waals surface area contributed by atoms with Crippen molar-refractivity contribution in [1.82, 2.24) is 5.32 Å². The molecule has 1 aliphatic rings. The molecule has 1 amide bonds. The van der Waals surface area contributed by atoms with Crippen molar-refractivity contribution in [2.24, 2.45) is 16.3 Å². The van der Waals surface area contributed by atoms with E-state index in [0.29, 0.717) is 38.8 Å². The summed E-state index contributed by atoms with van der Waals surface area (Å²) in [6.45, 7) is 7.16. The van der Waals surface area contributed by atoms with Crippen LogP contribution < -0.4 is 5.32 Å². The fourth-order valence-electron chi connectivity index (χ4n) is 4.12. The van der Waals surface area contributed by atoms with Crippen LogP contribution in [0.5, 0.6) is 5.75 Å². The van der Waals surface area contributed by atoms with E-state index in [2.05, 4.69) is 62.9 Å². The Morgan fingerprint density at radius 1 is 1.36 bits per heavy atom. The number of aromatic hydroxyl groups is 1. The Balaban J connectivity index is 1.69. The van der Waals surface area contributed by atoms with E-state index in [4.69, 9.17) is 4.42 Å². The second-order valence-electron chi connectivity index (χ2n) is 9.34. The summed E-state index contributed by atoms with van der Waals surface area (Å²) < 4.78 is 6.76. The van der Waals surface area contributed by atoms with Crippen molar-refractivity contribution in [2.45, 2.75) is 46.6 Å². The molecule has 5 nitrogen and oxygen atoms in total. The molecular formula is C25H26Br2N2O3S. The van der Waals surface area contributed by atoms with Gasteiger partial charge in [-0.3, -0.25) is 4.79 Å². The molecule has 33 heavy (non-hydrogen) atoms. The first-order chi connectivity index (χ1) is 15.6. The molecule has 8 heteroatoms. The molecule has 0 radical (unpaired) electrons. The van der Waals surface area contributed by atoms with Gasteiger partial charge in [0.15, 0.2) is 0 Å². The zero-order valence-electron chi connectivity index (χ0n) is 18.7. The van der Waals surface area contributed by atoms with Gasteiger partial charge in [0.2, 0.25) is 0 Å². The molecule has 1 aromatic carbocycles. The van der Waals surface area contributed by atoms with Gasteiger partial charge < -0.3 is 14.8 Å². The van der Waals surface area contributed by atoms with Gasteiger partial charge in [0, 0.05) is 21.1 Å². The maximum atomic E-state index is 13.3. The lowest BCUT2D eigenvalue weighted by Gasteiger charge is -2.33. The van der Waals surface area contributed by atoms with E-state index >= 15 is 0 Å². The van der Waals surface area contributed by atoms with E-state index in [1.165, 1.54) is 4.88 Å². The van der Waals surface area contributed by atoms with Crippen LogP contribution in [0.25, 0.3) is 0 Å². The first-order valence-corrected chi connectivity index (χ1v) is 13.2. The summed E-state index contributed by atoms with van der Waals surface area (Å²) in [6.07, 6.45) is 6.07. The molecule has 0 saturated carbocycles. The van der Waals surface area contributed by atoms with Gasteiger partial charge in [-0.15, -0.1) is 11.3 Å². The molecule has 1 aliphatic carbocycles. The standard InChI is InChI=1S/C25H26Br2N2O3S/c1-25(2,3)15-6-7-18-20(10-15)33-24(21(18)23(31)28-13-17-5-4-8-32-17)29-12-14-9-16(26)11-19(27)22(14)30/h4-5,8-9,11-12,15,30H,6-7,10,13H2,1-3H3,(H,28,31)/t15-/m0/s1. The maximum absolute atomic E-state index is 13.3. The van der Waals surface area contributed by atoms with Crippen molar-refractivity contribution in [3.63, 3.8) is 0 Å². The minimum Gasteiger partial charge on any atom is -0.506 e. The molecule has 4 rings (SSSR count). The molecule has 3 aromatic rings. The van der Waals surface area contributed by atoms with Gasteiger partial charge in [0.1, 0.15) is 16.5 Å². The largest absolute Gasteiger partial charge is 0.506 e. The summed E-state index contributed by atoms with van der Waals surface area (Å²) in [4.78, 5) is 19.2. The van der Waals surface area contributed by atoms with Crippen LogP contribution in [0.3, 0.4) is 0 Å². The van der Waals surface area contributed by atoms with Crippen LogP contribution in [-0.2, 0) is 19.4 Å². The molecule has 0 bridgehead atoms. The molecule has 0 fully saturated rings. The molecule has 0 spiro atoms. The van der Waals surface area contributed by atoms with E-state index in [0.717, 1.165) is 29.3 Å². The molecule has 2 heterocycles. The number of amides is 1. The molecule has 2 N–H and O–H groups in total. The van der Waals surface area contributed by atoms with Crippen molar-refractivity contribution in [1.29, 1.82) is 0 Å². The number of nitrogens with one attached hydrogen (secondary N) is 1. The lowest BCUT2D eigenvalue weighted by Crippen LogP contribution is -2.28. The number of phenols is 1. The van der Waals surface area contributed by atoms with Gasteiger partial charge in [-0.1, -0.05) is 36.7 Å². The molecule has 2 aromatic heterocycles. The monoisotopic (exact) mass is 592 g/mol. The predicted molar refractivity (Wildman–Crippen MR) is 140 cm³/mol. The Hall–Kier alpha value is -1.90. The second-order valence-corrected chi connectivity index (χ2v) is 12.2. The lowest BCUT2D eigenvalue weighted by molar-refractivity contribution is 0.0947. The quantitative estimate of drug-likeness (QED) is 0.303. The number of aliphatic imine (C=N–C) groups is 1. The van der Waals surface area contributed by atoms with E-state index in [9.17, 15) is 9.90 Å². The Morgan fingerprint density at radius 3 is 2.85 bits per heavy atom. The van der Waals surface area contributed by atoms with Gasteiger partial charge >= 0.3 is 0 Å². The number of fused-ring (bicyclic) bond motifs is 1. The highest BCUT2D eigenvalue weighted by molar-refractivity contribution is 9.11. The molecule has 0 unspecified atom stereocenters. The van der Waals surface area contributed by atoms with Crippen LogP contribution in [0.4, 0.5) is 5.00 Å². The van der Waals surface area contributed by atoms with E-state index in [1.54, 1.807) is 42.0 Å². The number of benzene rings is 1. The number of rotatable bonds is 5. The summed E-state index contributed by atoms with van der Waals surface area (Å²) in [7, 11) is 0. The SMILES string of the molecule is CC(C)(C)[C@H]1CCc2c(sc(N=Cc3cc(Br)cc(Br)c3O)c2C(=O)NCc2ccco2)C1. The Labute approximate surface area is 214 Å². The topological polar surface area (TPSA) is 74.8 Å². The zero-order valence-corrected chi connectivity index (χ0v) is 22.7. The van der Waals surface area contributed by atoms with Gasteiger partial charge in [0.05, 0.1) is 22.8 Å². The number of hydrogen-bond acceptors (Lipinski definition) is 5. The van der Waals surface area contributed by atoms with Crippen LogP contribution in [0, 0.1) is 11.3 Å². The average Bonchev–Trinajstić information content (AvgIpc) is 3.39. The smallest absolute Gasteiger partial charge is 0.255 e. The third-order valence-corrected chi connectivity index (χ3v) is 8.31. The second kappa shape index (κ2) is 9.76. The zero-order chi connectivity index (χ0) is 23.8. The van der Waals surface area contributed by atoms with E-state index in [-0.39, 0.29) is 17.1 Å². The molecule has 0 aliphatic heterocycles. The predicted octanol–water partition coefficient (Wildman–Crippen LogP) is 7.40. The normalized spacial score (nSPS) is 16.2. The number of carbonyl (C=O) groups excluding carboxylic acids is 1. The molecular weight excluding hydrogens is 568 g/mol. The van der Waals surface area contributed by atoms with Crippen LogP contribution >= 0.6 is 43.2 Å². The Kier molecular flexibility index (Phi) is 7.17. The lowest BCUT2D eigenvalue weighted by atomic mass is 9.72. The Morgan fingerprint density at radius 2 is 2.15 bits per heavy atom. The molecule has 0 saturated heterocycles. The highest BCUT2D eigenvalue weighted by Gasteiger charge is 2.33. The number of nitrogens with zero attached hydrogens (tertiary/aromatic N) is 1. The van der Waals surface area contributed by atoms with E-state index in [1.807, 2.05) is 6.07 Å². The number of hydrogen-bond donors (Lipinski definition) is 2. The number of carbonyl (C=O) groups is 1. The van der Waals surface area contributed by atoms with Gasteiger partial charge in [-0.2, -0.15) is 0 Å². The van der Waals surface area contributed by atoms with Crippen molar-refractivity contribution in [3.8, 4) is 5.75 Å². The van der Waals surface area contributed by atoms with Crippen LogP contribution in [0.1, 0.15) is 59.3 Å². The van der Waals surface area contributed by atoms with Gasteiger partial charge in [0.25, 0.3) is 5.91 Å². The van der Waals surface area contributed by atoms with Crippen molar-refractivity contribution in [3.05, 3.63) is 66.8 Å². The van der Waals surface area contributed by atoms with Crippen LogP contribution in [0.2, 0.25) is 0 Å². The minimum atomic E-state index is -0.148. The summed E-state index contributed by atoms with van der Waals surface area (Å²) >= 11 is 8.39. The fraction of sp³-hybridized carbons (Fsp3) is 0.360. The average molecular weight is 594 g/mol. The number of thiophene rings is 1. The van der Waals surface area contributed by atoms with Crippen molar-refractivity contribution in [2.75, 3.05) is 0 Å². The maximum Gasteiger partial charge on any atom is 0.255 e. The van der Waals surface area contributed by atoms with E-state index < -0.39 is 0 Å². The third kappa shape index (κ3) is 5.44. The van der Waals surface area contributed by atoms with Gasteiger partial charge in [-0.25, -0.2) is 4.99 Å². The minimum absolute atomic E-state index is 0.111. The first kappa shape index (κ1) is 24.2. The molecule has 174 valence electrons. The summed E-state index contributed by atoms with van der Waals surface area (Å²) in [5, 5.41) is 14.1. The summed E-state index contributed by atoms with van der Waals surface area (Å²) in [5.41, 5.74) is 2.52. The van der Waals surface area contributed by atoms with Crippen molar-refractivity contribution >= 4 is 60.3 Å². The fourth-order valence-corrected chi connectivity index (χ4v) is 6.64. The van der Waals surface area contributed by atoms with Crippen molar-refractivity contribution < 1.29 is 14.3 Å². The highest BCUT2D eigenvalue weighted by Crippen LogP contribution is 2.45. The number of phenolic OH excluding ortho intramolecular Hbond substituents is 1. The summed E-state index contributed by atoms with van der Waals surface area (Å²) in [6, 6.07) is 7.21. The molecule has 1 atom stereocenters.